The molecule has 8 unspecified atom stereocenters. The first-order valence-corrected chi connectivity index (χ1v) is 10.6. The number of rotatable bonds is 9. The summed E-state index contributed by atoms with van der Waals surface area (Å²) in [6, 6.07) is 0. The Morgan fingerprint density at radius 3 is 1.23 bits per heavy atom. The van der Waals surface area contributed by atoms with Crippen molar-refractivity contribution in [2.45, 2.75) is 89.6 Å². The van der Waals surface area contributed by atoms with Crippen LogP contribution in [0.3, 0.4) is 0 Å². The van der Waals surface area contributed by atoms with Gasteiger partial charge in [0.2, 0.25) is 0 Å². The van der Waals surface area contributed by atoms with Crippen LogP contribution in [0.5, 0.6) is 0 Å². The molecule has 0 heterocycles. The smallest absolute Gasteiger partial charge is 0.0835 e. The van der Waals surface area contributed by atoms with E-state index in [0.717, 1.165) is 49.4 Å². The average molecular weight is 371 g/mol. The number of methoxy groups -OCH3 is 4. The maximum absolute atomic E-state index is 5.68. The van der Waals surface area contributed by atoms with Crippen molar-refractivity contribution in [2.75, 3.05) is 28.4 Å². The summed E-state index contributed by atoms with van der Waals surface area (Å²) in [5.41, 5.74) is 0. The van der Waals surface area contributed by atoms with E-state index in [9.17, 15) is 0 Å². The molecular formula is C22H42O4. The van der Waals surface area contributed by atoms with Crippen molar-refractivity contribution in [2.24, 2.45) is 23.7 Å². The molecule has 4 heteroatoms. The monoisotopic (exact) mass is 370 g/mol. The Balaban J connectivity index is 1.78. The quantitative estimate of drug-likeness (QED) is 0.589. The molecular weight excluding hydrogens is 328 g/mol. The molecule has 8 atom stereocenters. The Labute approximate surface area is 161 Å². The molecule has 0 aromatic carbocycles. The van der Waals surface area contributed by atoms with Gasteiger partial charge in [-0.3, -0.25) is 0 Å². The van der Waals surface area contributed by atoms with Gasteiger partial charge in [-0.1, -0.05) is 13.8 Å². The third-order valence-electron chi connectivity index (χ3n) is 7.27. The molecule has 0 aliphatic heterocycles. The topological polar surface area (TPSA) is 36.9 Å². The summed E-state index contributed by atoms with van der Waals surface area (Å²) >= 11 is 0. The van der Waals surface area contributed by atoms with E-state index in [1.165, 1.54) is 25.7 Å². The van der Waals surface area contributed by atoms with E-state index >= 15 is 0 Å². The van der Waals surface area contributed by atoms with Crippen molar-refractivity contribution in [3.8, 4) is 0 Å². The van der Waals surface area contributed by atoms with Gasteiger partial charge in [0.05, 0.1) is 24.4 Å². The van der Waals surface area contributed by atoms with Crippen LogP contribution in [0.4, 0.5) is 0 Å². The van der Waals surface area contributed by atoms with Gasteiger partial charge in [-0.25, -0.2) is 0 Å². The van der Waals surface area contributed by atoms with Crippen molar-refractivity contribution in [3.63, 3.8) is 0 Å². The second-order valence-electron chi connectivity index (χ2n) is 8.88. The molecule has 2 saturated carbocycles. The first kappa shape index (κ1) is 22.1. The maximum Gasteiger partial charge on any atom is 0.0835 e. The van der Waals surface area contributed by atoms with Crippen LogP contribution in [0.1, 0.15) is 65.2 Å². The molecule has 0 amide bonds. The maximum atomic E-state index is 5.68. The molecule has 2 fully saturated rings. The molecule has 0 aromatic rings. The zero-order chi connectivity index (χ0) is 19.1. The fourth-order valence-corrected chi connectivity index (χ4v) is 5.35. The second kappa shape index (κ2) is 11.0. The lowest BCUT2D eigenvalue weighted by Gasteiger charge is -2.38. The fraction of sp³-hybridized carbons (Fsp3) is 1.00. The van der Waals surface area contributed by atoms with Gasteiger partial charge in [-0.05, 0) is 75.0 Å². The Kier molecular flexibility index (Phi) is 9.36. The molecule has 2 aliphatic carbocycles. The lowest BCUT2D eigenvalue weighted by molar-refractivity contribution is -0.0757. The van der Waals surface area contributed by atoms with E-state index in [2.05, 4.69) is 13.8 Å². The van der Waals surface area contributed by atoms with Crippen LogP contribution in [0.25, 0.3) is 0 Å². The van der Waals surface area contributed by atoms with E-state index in [4.69, 9.17) is 18.9 Å². The molecule has 0 spiro atoms. The number of hydrogen-bond donors (Lipinski definition) is 0. The van der Waals surface area contributed by atoms with Crippen LogP contribution in [0, 0.1) is 23.7 Å². The van der Waals surface area contributed by atoms with Crippen molar-refractivity contribution < 1.29 is 18.9 Å². The molecule has 0 saturated heterocycles. The van der Waals surface area contributed by atoms with Gasteiger partial charge in [0.1, 0.15) is 0 Å². The molecule has 2 aliphatic rings. The predicted octanol–water partition coefficient (Wildman–Crippen LogP) is 4.70. The Morgan fingerprint density at radius 2 is 0.923 bits per heavy atom. The minimum absolute atomic E-state index is 0.271. The number of ether oxygens (including phenoxy) is 4. The Hall–Kier alpha value is -0.160. The zero-order valence-corrected chi connectivity index (χ0v) is 17.9. The van der Waals surface area contributed by atoms with E-state index in [1.807, 2.05) is 28.4 Å². The van der Waals surface area contributed by atoms with Crippen molar-refractivity contribution in [3.05, 3.63) is 0 Å². The second-order valence-corrected chi connectivity index (χ2v) is 8.88. The highest BCUT2D eigenvalue weighted by Gasteiger charge is 2.34. The first-order valence-electron chi connectivity index (χ1n) is 10.6. The van der Waals surface area contributed by atoms with Crippen LogP contribution >= 0.6 is 0 Å². The highest BCUT2D eigenvalue weighted by Crippen LogP contribution is 2.38. The molecule has 2 rings (SSSR count). The SMILES string of the molecule is COC1CCC(CC(C)C(C)CC2CCC(OC)C(OC)C2)CC1OC. The summed E-state index contributed by atoms with van der Waals surface area (Å²) in [7, 11) is 7.28. The molecule has 154 valence electrons. The molecule has 0 N–H and O–H groups in total. The summed E-state index contributed by atoms with van der Waals surface area (Å²) in [4.78, 5) is 0. The lowest BCUT2D eigenvalue weighted by Crippen LogP contribution is -2.38. The van der Waals surface area contributed by atoms with E-state index in [1.54, 1.807) is 0 Å². The number of hydrogen-bond acceptors (Lipinski definition) is 4. The molecule has 4 nitrogen and oxygen atoms in total. The van der Waals surface area contributed by atoms with Gasteiger partial charge in [0.15, 0.2) is 0 Å². The predicted molar refractivity (Wildman–Crippen MR) is 105 cm³/mol. The summed E-state index contributed by atoms with van der Waals surface area (Å²) in [5.74, 6) is 3.08. The highest BCUT2D eigenvalue weighted by atomic mass is 16.5. The van der Waals surface area contributed by atoms with Crippen LogP contribution in [0.15, 0.2) is 0 Å². The molecule has 0 aromatic heterocycles. The van der Waals surface area contributed by atoms with Gasteiger partial charge >= 0.3 is 0 Å². The fourth-order valence-electron chi connectivity index (χ4n) is 5.35. The van der Waals surface area contributed by atoms with E-state index in [0.29, 0.717) is 0 Å². The van der Waals surface area contributed by atoms with Gasteiger partial charge < -0.3 is 18.9 Å². The summed E-state index contributed by atoms with van der Waals surface area (Å²) in [6.07, 6.45) is 10.9. The van der Waals surface area contributed by atoms with Crippen molar-refractivity contribution in [1.29, 1.82) is 0 Å². The van der Waals surface area contributed by atoms with Gasteiger partial charge in [-0.15, -0.1) is 0 Å². The largest absolute Gasteiger partial charge is 0.379 e. The highest BCUT2D eigenvalue weighted by molar-refractivity contribution is 4.85. The van der Waals surface area contributed by atoms with Crippen LogP contribution < -0.4 is 0 Å². The van der Waals surface area contributed by atoms with Crippen molar-refractivity contribution >= 4 is 0 Å². The van der Waals surface area contributed by atoms with Gasteiger partial charge in [0.25, 0.3) is 0 Å². The Bertz CT molecular complexity index is 352. The normalized spacial score (nSPS) is 38.1. The average Bonchev–Trinajstić information content (AvgIpc) is 2.67. The third-order valence-corrected chi connectivity index (χ3v) is 7.27. The third kappa shape index (κ3) is 5.92. The van der Waals surface area contributed by atoms with Crippen LogP contribution in [0.2, 0.25) is 0 Å². The lowest BCUT2D eigenvalue weighted by atomic mass is 9.73. The van der Waals surface area contributed by atoms with E-state index < -0.39 is 0 Å². The standard InChI is InChI=1S/C22H42O4/c1-15(11-17-7-9-19(23-3)21(13-17)25-5)16(2)12-18-8-10-20(24-4)22(14-18)26-6/h15-22H,7-14H2,1-6H3. The van der Waals surface area contributed by atoms with Crippen LogP contribution in [-0.4, -0.2) is 52.9 Å². The minimum Gasteiger partial charge on any atom is -0.379 e. The zero-order valence-electron chi connectivity index (χ0n) is 17.9. The van der Waals surface area contributed by atoms with Gasteiger partial charge in [-0.2, -0.15) is 0 Å². The Morgan fingerprint density at radius 1 is 0.577 bits per heavy atom. The molecule has 0 bridgehead atoms. The molecule has 0 radical (unpaired) electrons. The summed E-state index contributed by atoms with van der Waals surface area (Å²) in [5, 5.41) is 0. The van der Waals surface area contributed by atoms with Crippen molar-refractivity contribution in [1.82, 2.24) is 0 Å². The van der Waals surface area contributed by atoms with Gasteiger partial charge in [0, 0.05) is 28.4 Å². The van der Waals surface area contributed by atoms with E-state index in [-0.39, 0.29) is 24.4 Å². The first-order chi connectivity index (χ1) is 12.5. The summed E-state index contributed by atoms with van der Waals surface area (Å²) in [6.45, 7) is 4.90. The minimum atomic E-state index is 0.271. The van der Waals surface area contributed by atoms with Crippen LogP contribution in [-0.2, 0) is 18.9 Å². The molecule has 26 heavy (non-hydrogen) atoms. The summed E-state index contributed by atoms with van der Waals surface area (Å²) < 4.78 is 22.5.